The molecule has 2 aromatic rings. The molecule has 0 aliphatic carbocycles. The number of rotatable bonds is 5. The molecule has 1 unspecified atom stereocenters. The minimum Gasteiger partial charge on any atom is -0.329 e. The highest BCUT2D eigenvalue weighted by Gasteiger charge is 2.16. The Morgan fingerprint density at radius 1 is 0.833 bits per heavy atom. The van der Waals surface area contributed by atoms with E-state index in [1.165, 1.54) is 10.6 Å². The molecule has 18 heavy (non-hydrogen) atoms. The van der Waals surface area contributed by atoms with Gasteiger partial charge >= 0.3 is 0 Å². The third-order valence-corrected chi connectivity index (χ3v) is 5.53. The van der Waals surface area contributed by atoms with Crippen molar-refractivity contribution in [2.45, 2.75) is 6.04 Å². The summed E-state index contributed by atoms with van der Waals surface area (Å²) >= 11 is 0. The molecule has 2 rings (SSSR count). The zero-order chi connectivity index (χ0) is 12.8. The standard InChI is InChI=1S/C15H19N2P/c16-11-13(17)12-18(14-7-3-1-4-8-14)15-9-5-2-6-10-15/h1-10,13H,11-12,16-17H2. The normalized spacial score (nSPS) is 12.6. The van der Waals surface area contributed by atoms with Crippen LogP contribution in [0.15, 0.2) is 60.7 Å². The van der Waals surface area contributed by atoms with Crippen molar-refractivity contribution in [3.8, 4) is 0 Å². The van der Waals surface area contributed by atoms with Gasteiger partial charge in [-0.25, -0.2) is 0 Å². The maximum Gasteiger partial charge on any atom is 0.0208 e. The molecule has 2 aromatic carbocycles. The third kappa shape index (κ3) is 3.39. The van der Waals surface area contributed by atoms with Crippen LogP contribution < -0.4 is 22.1 Å². The maximum atomic E-state index is 6.04. The summed E-state index contributed by atoms with van der Waals surface area (Å²) in [4.78, 5) is 0. The SMILES string of the molecule is NCC(N)CP(c1ccccc1)c1ccccc1. The first-order valence-electron chi connectivity index (χ1n) is 6.14. The van der Waals surface area contributed by atoms with E-state index < -0.39 is 7.92 Å². The van der Waals surface area contributed by atoms with Crippen LogP contribution in [0, 0.1) is 0 Å². The van der Waals surface area contributed by atoms with Crippen LogP contribution in [0.25, 0.3) is 0 Å². The molecule has 0 bridgehead atoms. The van der Waals surface area contributed by atoms with Crippen LogP contribution in [0.1, 0.15) is 0 Å². The van der Waals surface area contributed by atoms with E-state index in [1.807, 2.05) is 12.1 Å². The summed E-state index contributed by atoms with van der Waals surface area (Å²) in [5.74, 6) is 0. The van der Waals surface area contributed by atoms with Gasteiger partial charge in [0, 0.05) is 12.6 Å². The molecular weight excluding hydrogens is 239 g/mol. The molecular formula is C15H19N2P. The van der Waals surface area contributed by atoms with Gasteiger partial charge < -0.3 is 11.5 Å². The molecule has 0 saturated heterocycles. The van der Waals surface area contributed by atoms with Crippen molar-refractivity contribution in [2.24, 2.45) is 11.5 Å². The zero-order valence-corrected chi connectivity index (χ0v) is 11.3. The Labute approximate surface area is 110 Å². The van der Waals surface area contributed by atoms with Gasteiger partial charge in [0.05, 0.1) is 0 Å². The van der Waals surface area contributed by atoms with Crippen molar-refractivity contribution in [1.29, 1.82) is 0 Å². The summed E-state index contributed by atoms with van der Waals surface area (Å²) in [6.45, 7) is 0.540. The van der Waals surface area contributed by atoms with Crippen LogP contribution in [0.2, 0.25) is 0 Å². The molecule has 4 N–H and O–H groups in total. The summed E-state index contributed by atoms with van der Waals surface area (Å²) in [7, 11) is -0.401. The Morgan fingerprint density at radius 2 is 1.28 bits per heavy atom. The number of hydrogen-bond donors (Lipinski definition) is 2. The molecule has 1 atom stereocenters. The smallest absolute Gasteiger partial charge is 0.0208 e. The fraction of sp³-hybridized carbons (Fsp3) is 0.200. The van der Waals surface area contributed by atoms with E-state index in [-0.39, 0.29) is 6.04 Å². The lowest BCUT2D eigenvalue weighted by Gasteiger charge is -2.21. The fourth-order valence-electron chi connectivity index (χ4n) is 1.88. The molecule has 0 radical (unpaired) electrons. The quantitative estimate of drug-likeness (QED) is 0.797. The van der Waals surface area contributed by atoms with Crippen molar-refractivity contribution < 1.29 is 0 Å². The average molecular weight is 258 g/mol. The second-order valence-corrected chi connectivity index (χ2v) is 6.53. The first-order chi connectivity index (χ1) is 8.81. The Morgan fingerprint density at radius 3 is 1.67 bits per heavy atom. The lowest BCUT2D eigenvalue weighted by Crippen LogP contribution is -2.35. The van der Waals surface area contributed by atoms with Crippen molar-refractivity contribution in [1.82, 2.24) is 0 Å². The van der Waals surface area contributed by atoms with E-state index in [9.17, 15) is 0 Å². The molecule has 0 amide bonds. The van der Waals surface area contributed by atoms with Gasteiger partial charge in [0.1, 0.15) is 0 Å². The summed E-state index contributed by atoms with van der Waals surface area (Å²) < 4.78 is 0. The first kappa shape index (κ1) is 13.2. The minimum atomic E-state index is -0.401. The van der Waals surface area contributed by atoms with Gasteiger partial charge in [-0.2, -0.15) is 0 Å². The molecule has 0 spiro atoms. The predicted molar refractivity (Wildman–Crippen MR) is 81.0 cm³/mol. The minimum absolute atomic E-state index is 0.0662. The number of nitrogens with two attached hydrogens (primary N) is 2. The monoisotopic (exact) mass is 258 g/mol. The summed E-state index contributed by atoms with van der Waals surface area (Å²) in [6, 6.07) is 21.2. The van der Waals surface area contributed by atoms with Gasteiger partial charge in [-0.3, -0.25) is 0 Å². The summed E-state index contributed by atoms with van der Waals surface area (Å²) in [6.07, 6.45) is 0.944. The Hall–Kier alpha value is -1.21. The highest BCUT2D eigenvalue weighted by Crippen LogP contribution is 2.33. The molecule has 0 aliphatic heterocycles. The molecule has 0 aromatic heterocycles. The highest BCUT2D eigenvalue weighted by molar-refractivity contribution is 7.73. The van der Waals surface area contributed by atoms with E-state index in [1.54, 1.807) is 0 Å². The van der Waals surface area contributed by atoms with E-state index in [0.29, 0.717) is 6.54 Å². The van der Waals surface area contributed by atoms with E-state index in [0.717, 1.165) is 6.16 Å². The maximum absolute atomic E-state index is 6.04. The van der Waals surface area contributed by atoms with Crippen LogP contribution in [0.4, 0.5) is 0 Å². The van der Waals surface area contributed by atoms with E-state index in [4.69, 9.17) is 11.5 Å². The van der Waals surface area contributed by atoms with Gasteiger partial charge in [0.2, 0.25) is 0 Å². The fourth-order valence-corrected chi connectivity index (χ4v) is 4.29. The highest BCUT2D eigenvalue weighted by atomic mass is 31.1. The number of hydrogen-bond acceptors (Lipinski definition) is 2. The van der Waals surface area contributed by atoms with Gasteiger partial charge in [0.15, 0.2) is 0 Å². The van der Waals surface area contributed by atoms with Gasteiger partial charge in [0.25, 0.3) is 0 Å². The Bertz CT molecular complexity index is 419. The predicted octanol–water partition coefficient (Wildman–Crippen LogP) is 1.41. The molecule has 0 fully saturated rings. The lowest BCUT2D eigenvalue weighted by molar-refractivity contribution is 0.760. The van der Waals surface area contributed by atoms with Gasteiger partial charge in [-0.15, -0.1) is 0 Å². The second-order valence-electron chi connectivity index (χ2n) is 4.28. The van der Waals surface area contributed by atoms with Crippen LogP contribution in [-0.2, 0) is 0 Å². The lowest BCUT2D eigenvalue weighted by atomic mass is 10.4. The molecule has 0 heterocycles. The largest absolute Gasteiger partial charge is 0.329 e. The Balaban J connectivity index is 2.29. The second kappa shape index (κ2) is 6.65. The van der Waals surface area contributed by atoms with Crippen molar-refractivity contribution >= 4 is 18.5 Å². The zero-order valence-electron chi connectivity index (χ0n) is 10.4. The molecule has 94 valence electrons. The van der Waals surface area contributed by atoms with Crippen LogP contribution >= 0.6 is 7.92 Å². The average Bonchev–Trinajstić information content (AvgIpc) is 2.46. The molecule has 2 nitrogen and oxygen atoms in total. The topological polar surface area (TPSA) is 52.0 Å². The van der Waals surface area contributed by atoms with Crippen molar-refractivity contribution in [3.05, 3.63) is 60.7 Å². The van der Waals surface area contributed by atoms with Crippen molar-refractivity contribution in [2.75, 3.05) is 12.7 Å². The molecule has 3 heteroatoms. The molecule has 0 aliphatic rings. The first-order valence-corrected chi connectivity index (χ1v) is 7.67. The van der Waals surface area contributed by atoms with E-state index in [2.05, 4.69) is 48.5 Å². The number of benzene rings is 2. The van der Waals surface area contributed by atoms with Crippen LogP contribution in [-0.4, -0.2) is 18.7 Å². The van der Waals surface area contributed by atoms with Crippen LogP contribution in [0.5, 0.6) is 0 Å². The molecule has 0 saturated carbocycles. The summed E-state index contributed by atoms with van der Waals surface area (Å²) in [5, 5.41) is 2.73. The summed E-state index contributed by atoms with van der Waals surface area (Å²) in [5.41, 5.74) is 11.7. The third-order valence-electron chi connectivity index (χ3n) is 2.86. The van der Waals surface area contributed by atoms with Gasteiger partial charge in [-0.1, -0.05) is 60.7 Å². The van der Waals surface area contributed by atoms with Gasteiger partial charge in [-0.05, 0) is 24.7 Å². The van der Waals surface area contributed by atoms with Crippen LogP contribution in [0.3, 0.4) is 0 Å². The Kier molecular flexibility index (Phi) is 4.89. The van der Waals surface area contributed by atoms with Crippen molar-refractivity contribution in [3.63, 3.8) is 0 Å². The van der Waals surface area contributed by atoms with E-state index >= 15 is 0 Å².